The molecule has 1 N–H and O–H groups in total. The lowest BCUT2D eigenvalue weighted by Gasteiger charge is -2.27. The van der Waals surface area contributed by atoms with Crippen LogP contribution in [0.25, 0.3) is 0 Å². The Morgan fingerprint density at radius 3 is 2.71 bits per heavy atom. The molecule has 1 fully saturated rings. The van der Waals surface area contributed by atoms with Gasteiger partial charge in [-0.15, -0.1) is 0 Å². The molecule has 8 nitrogen and oxygen atoms in total. The van der Waals surface area contributed by atoms with Gasteiger partial charge in [-0.2, -0.15) is 15.0 Å². The van der Waals surface area contributed by atoms with E-state index in [2.05, 4.69) is 25.2 Å². The molecule has 0 bridgehead atoms. The average molecular weight is 330 g/mol. The van der Waals surface area contributed by atoms with Crippen molar-refractivity contribution in [1.29, 1.82) is 0 Å². The third-order valence-corrected chi connectivity index (χ3v) is 3.89. The molecule has 24 heavy (non-hydrogen) atoms. The van der Waals surface area contributed by atoms with E-state index < -0.39 is 0 Å². The number of hydrogen-bond donors (Lipinski definition) is 1. The van der Waals surface area contributed by atoms with Gasteiger partial charge in [0.1, 0.15) is 6.26 Å². The van der Waals surface area contributed by atoms with E-state index in [-0.39, 0.29) is 12.5 Å². The summed E-state index contributed by atoms with van der Waals surface area (Å²) in [6.07, 6.45) is 6.42. The van der Waals surface area contributed by atoms with Crippen molar-refractivity contribution in [3.05, 3.63) is 30.0 Å². The van der Waals surface area contributed by atoms with Crippen LogP contribution in [0.4, 0.5) is 11.9 Å². The van der Waals surface area contributed by atoms with Crippen molar-refractivity contribution >= 4 is 17.8 Å². The SMILES string of the molecule is CN(C)c1nc(CNC(=O)c2ccoc2)nc(N2CCCCC2)n1. The van der Waals surface area contributed by atoms with Gasteiger partial charge in [-0.3, -0.25) is 4.79 Å². The molecule has 128 valence electrons. The number of hydrogen-bond acceptors (Lipinski definition) is 7. The maximum atomic E-state index is 12.0. The van der Waals surface area contributed by atoms with Gasteiger partial charge in [0.2, 0.25) is 11.9 Å². The lowest BCUT2D eigenvalue weighted by atomic mass is 10.1. The Bertz CT molecular complexity index is 680. The van der Waals surface area contributed by atoms with Crippen LogP contribution in [0.5, 0.6) is 0 Å². The van der Waals surface area contributed by atoms with Gasteiger partial charge >= 0.3 is 0 Å². The van der Waals surface area contributed by atoms with Crippen LogP contribution in [-0.4, -0.2) is 48.0 Å². The zero-order chi connectivity index (χ0) is 16.9. The van der Waals surface area contributed by atoms with E-state index >= 15 is 0 Å². The molecule has 0 atom stereocenters. The first kappa shape index (κ1) is 16.2. The van der Waals surface area contributed by atoms with Crippen LogP contribution in [0.2, 0.25) is 0 Å². The molecule has 3 heterocycles. The maximum Gasteiger partial charge on any atom is 0.254 e. The molecule has 0 unspecified atom stereocenters. The van der Waals surface area contributed by atoms with Gasteiger partial charge in [0.25, 0.3) is 5.91 Å². The third kappa shape index (κ3) is 3.81. The second-order valence-electron chi connectivity index (χ2n) is 5.99. The summed E-state index contributed by atoms with van der Waals surface area (Å²) < 4.78 is 4.92. The molecule has 0 aromatic carbocycles. The molecular formula is C16H22N6O2. The first-order valence-electron chi connectivity index (χ1n) is 8.11. The van der Waals surface area contributed by atoms with Crippen LogP contribution in [-0.2, 0) is 6.54 Å². The molecule has 0 saturated carbocycles. The number of carbonyl (C=O) groups excluding carboxylic acids is 1. The van der Waals surface area contributed by atoms with E-state index in [1.165, 1.54) is 18.9 Å². The van der Waals surface area contributed by atoms with Gasteiger partial charge in [-0.25, -0.2) is 0 Å². The average Bonchev–Trinajstić information content (AvgIpc) is 3.15. The highest BCUT2D eigenvalue weighted by Crippen LogP contribution is 2.17. The minimum atomic E-state index is -0.213. The van der Waals surface area contributed by atoms with Gasteiger partial charge < -0.3 is 19.5 Å². The molecule has 3 rings (SSSR count). The zero-order valence-electron chi connectivity index (χ0n) is 14.0. The number of anilines is 2. The van der Waals surface area contributed by atoms with E-state index in [0.29, 0.717) is 23.3 Å². The normalized spacial score (nSPS) is 14.5. The Morgan fingerprint density at radius 2 is 2.04 bits per heavy atom. The number of piperidine rings is 1. The Morgan fingerprint density at radius 1 is 1.25 bits per heavy atom. The first-order chi connectivity index (χ1) is 11.6. The standard InChI is InChI=1S/C16H22N6O2/c1-21(2)15-18-13(10-17-14(23)12-6-9-24-11-12)19-16(20-15)22-7-4-3-5-8-22/h6,9,11H,3-5,7-8,10H2,1-2H3,(H,17,23). The molecule has 0 spiro atoms. The predicted molar refractivity (Wildman–Crippen MR) is 90.1 cm³/mol. The van der Waals surface area contributed by atoms with Crippen molar-refractivity contribution in [3.8, 4) is 0 Å². The monoisotopic (exact) mass is 330 g/mol. The molecule has 0 radical (unpaired) electrons. The second kappa shape index (κ2) is 7.29. The molecule has 1 saturated heterocycles. The Hall–Kier alpha value is -2.64. The molecule has 8 heteroatoms. The number of furan rings is 1. The Balaban J connectivity index is 1.75. The fraction of sp³-hybridized carbons (Fsp3) is 0.500. The summed E-state index contributed by atoms with van der Waals surface area (Å²) in [5, 5.41) is 2.81. The van der Waals surface area contributed by atoms with Crippen LogP contribution in [0, 0.1) is 0 Å². The van der Waals surface area contributed by atoms with Gasteiger partial charge in [-0.1, -0.05) is 0 Å². The van der Waals surface area contributed by atoms with Gasteiger partial charge in [0, 0.05) is 27.2 Å². The molecule has 0 aliphatic carbocycles. The van der Waals surface area contributed by atoms with Crippen molar-refractivity contribution in [3.63, 3.8) is 0 Å². The van der Waals surface area contributed by atoms with Crippen LogP contribution < -0.4 is 15.1 Å². The van der Waals surface area contributed by atoms with E-state index in [4.69, 9.17) is 4.42 Å². The largest absolute Gasteiger partial charge is 0.472 e. The molecule has 1 aliphatic rings. The number of amides is 1. The lowest BCUT2D eigenvalue weighted by Crippen LogP contribution is -2.32. The van der Waals surface area contributed by atoms with Crippen molar-refractivity contribution in [2.45, 2.75) is 25.8 Å². The first-order valence-corrected chi connectivity index (χ1v) is 8.11. The summed E-state index contributed by atoms with van der Waals surface area (Å²) in [7, 11) is 3.78. The minimum Gasteiger partial charge on any atom is -0.472 e. The van der Waals surface area contributed by atoms with Crippen LogP contribution in [0.1, 0.15) is 35.4 Å². The molecular weight excluding hydrogens is 308 g/mol. The summed E-state index contributed by atoms with van der Waals surface area (Å²) in [6.45, 7) is 2.16. The number of nitrogens with zero attached hydrogens (tertiary/aromatic N) is 5. The van der Waals surface area contributed by atoms with Crippen molar-refractivity contribution in [2.24, 2.45) is 0 Å². The zero-order valence-corrected chi connectivity index (χ0v) is 14.0. The van der Waals surface area contributed by atoms with E-state index in [9.17, 15) is 4.79 Å². The van der Waals surface area contributed by atoms with Crippen LogP contribution in [0.3, 0.4) is 0 Å². The number of aromatic nitrogens is 3. The maximum absolute atomic E-state index is 12.0. The van der Waals surface area contributed by atoms with Gasteiger partial charge in [0.15, 0.2) is 5.82 Å². The third-order valence-electron chi connectivity index (χ3n) is 3.89. The van der Waals surface area contributed by atoms with Gasteiger partial charge in [-0.05, 0) is 25.3 Å². The van der Waals surface area contributed by atoms with Crippen molar-refractivity contribution < 1.29 is 9.21 Å². The molecule has 1 aliphatic heterocycles. The Labute approximate surface area is 140 Å². The fourth-order valence-electron chi connectivity index (χ4n) is 2.56. The predicted octanol–water partition coefficient (Wildman–Crippen LogP) is 1.45. The van der Waals surface area contributed by atoms with Gasteiger partial charge in [0.05, 0.1) is 18.4 Å². The summed E-state index contributed by atoms with van der Waals surface area (Å²) in [5.41, 5.74) is 0.480. The fourth-order valence-corrected chi connectivity index (χ4v) is 2.56. The van der Waals surface area contributed by atoms with Crippen LogP contribution >= 0.6 is 0 Å². The number of nitrogens with one attached hydrogen (secondary N) is 1. The summed E-state index contributed by atoms with van der Waals surface area (Å²) >= 11 is 0. The van der Waals surface area contributed by atoms with Crippen LogP contribution in [0.15, 0.2) is 23.0 Å². The van der Waals surface area contributed by atoms with E-state index in [1.807, 2.05) is 19.0 Å². The second-order valence-corrected chi connectivity index (χ2v) is 5.99. The molecule has 1 amide bonds. The minimum absolute atomic E-state index is 0.213. The van der Waals surface area contributed by atoms with E-state index in [1.54, 1.807) is 6.07 Å². The molecule has 2 aromatic rings. The summed E-state index contributed by atoms with van der Waals surface area (Å²) in [4.78, 5) is 29.5. The van der Waals surface area contributed by atoms with E-state index in [0.717, 1.165) is 25.9 Å². The van der Waals surface area contributed by atoms with Crippen molar-refractivity contribution in [2.75, 3.05) is 37.0 Å². The summed E-state index contributed by atoms with van der Waals surface area (Å²) in [6, 6.07) is 1.62. The lowest BCUT2D eigenvalue weighted by molar-refractivity contribution is 0.0949. The topological polar surface area (TPSA) is 87.4 Å². The number of carbonyl (C=O) groups is 1. The molecule has 2 aromatic heterocycles. The Kier molecular flexibility index (Phi) is 4.93. The highest BCUT2D eigenvalue weighted by molar-refractivity contribution is 5.93. The quantitative estimate of drug-likeness (QED) is 0.887. The number of rotatable bonds is 5. The highest BCUT2D eigenvalue weighted by Gasteiger charge is 2.17. The summed E-state index contributed by atoms with van der Waals surface area (Å²) in [5.74, 6) is 1.61. The van der Waals surface area contributed by atoms with Crippen molar-refractivity contribution in [1.82, 2.24) is 20.3 Å². The highest BCUT2D eigenvalue weighted by atomic mass is 16.3. The smallest absolute Gasteiger partial charge is 0.254 e.